The maximum Gasteiger partial charge on any atom is 0.124 e. The van der Waals surface area contributed by atoms with Crippen molar-refractivity contribution in [3.05, 3.63) is 29.8 Å². The van der Waals surface area contributed by atoms with Gasteiger partial charge in [0.2, 0.25) is 0 Å². The van der Waals surface area contributed by atoms with Crippen LogP contribution in [0.4, 0.5) is 0 Å². The van der Waals surface area contributed by atoms with Gasteiger partial charge in [0.25, 0.3) is 0 Å². The molecule has 0 saturated carbocycles. The molecule has 0 amide bonds. The summed E-state index contributed by atoms with van der Waals surface area (Å²) in [6.45, 7) is 9.66. The van der Waals surface area contributed by atoms with Gasteiger partial charge in [0.1, 0.15) is 5.75 Å². The van der Waals surface area contributed by atoms with E-state index in [1.807, 2.05) is 6.07 Å². The average molecular weight is 248 g/mol. The highest BCUT2D eigenvalue weighted by Crippen LogP contribution is 2.21. The van der Waals surface area contributed by atoms with Crippen LogP contribution in [-0.2, 0) is 6.54 Å². The fourth-order valence-corrected chi connectivity index (χ4v) is 2.30. The first-order valence-electron chi connectivity index (χ1n) is 6.93. The monoisotopic (exact) mass is 248 g/mol. The second-order valence-electron chi connectivity index (χ2n) is 5.15. The molecule has 0 radical (unpaired) electrons. The van der Waals surface area contributed by atoms with Gasteiger partial charge in [-0.15, -0.1) is 0 Å². The maximum absolute atomic E-state index is 5.88. The summed E-state index contributed by atoms with van der Waals surface area (Å²) < 4.78 is 5.88. The number of hydrogen-bond donors (Lipinski definition) is 1. The largest absolute Gasteiger partial charge is 0.491 e. The van der Waals surface area contributed by atoms with Crippen molar-refractivity contribution in [3.8, 4) is 5.75 Å². The summed E-state index contributed by atoms with van der Waals surface area (Å²) in [5.41, 5.74) is 1.30. The van der Waals surface area contributed by atoms with E-state index in [0.29, 0.717) is 0 Å². The minimum absolute atomic E-state index is 0.233. The van der Waals surface area contributed by atoms with Gasteiger partial charge in [-0.1, -0.05) is 18.2 Å². The highest BCUT2D eigenvalue weighted by molar-refractivity contribution is 5.33. The molecule has 0 aromatic heterocycles. The second-order valence-corrected chi connectivity index (χ2v) is 5.15. The number of nitrogens with zero attached hydrogens (tertiary/aromatic N) is 1. The van der Waals surface area contributed by atoms with Gasteiger partial charge in [-0.3, -0.25) is 4.90 Å². The molecule has 1 saturated heterocycles. The Morgan fingerprint density at radius 1 is 1.22 bits per heavy atom. The number of hydrogen-bond acceptors (Lipinski definition) is 3. The van der Waals surface area contributed by atoms with Crippen LogP contribution >= 0.6 is 0 Å². The van der Waals surface area contributed by atoms with Crippen LogP contribution < -0.4 is 10.1 Å². The smallest absolute Gasteiger partial charge is 0.124 e. The Kier molecular flexibility index (Phi) is 5.02. The van der Waals surface area contributed by atoms with Gasteiger partial charge < -0.3 is 10.1 Å². The normalized spacial score (nSPS) is 17.7. The number of ether oxygens (including phenoxy) is 1. The molecule has 1 aliphatic heterocycles. The van der Waals surface area contributed by atoms with Gasteiger partial charge >= 0.3 is 0 Å². The summed E-state index contributed by atoms with van der Waals surface area (Å²) in [7, 11) is 0. The van der Waals surface area contributed by atoms with Gasteiger partial charge in [0.05, 0.1) is 6.10 Å². The Morgan fingerprint density at radius 3 is 2.89 bits per heavy atom. The van der Waals surface area contributed by atoms with Crippen molar-refractivity contribution in [2.45, 2.75) is 32.9 Å². The standard InChI is InChI=1S/C15H24N2O/c1-13(2)18-15-7-4-3-6-14(15)12-17-10-5-8-16-9-11-17/h3-4,6-7,13,16H,5,8-12H2,1-2H3. The lowest BCUT2D eigenvalue weighted by atomic mass is 10.2. The van der Waals surface area contributed by atoms with Crippen LogP contribution in [-0.4, -0.2) is 37.2 Å². The van der Waals surface area contributed by atoms with Crippen molar-refractivity contribution in [2.75, 3.05) is 26.2 Å². The van der Waals surface area contributed by atoms with Crippen LogP contribution in [0.1, 0.15) is 25.8 Å². The zero-order valence-electron chi connectivity index (χ0n) is 11.5. The van der Waals surface area contributed by atoms with E-state index in [-0.39, 0.29) is 6.10 Å². The predicted molar refractivity (Wildman–Crippen MR) is 75.0 cm³/mol. The topological polar surface area (TPSA) is 24.5 Å². The zero-order chi connectivity index (χ0) is 12.8. The highest BCUT2D eigenvalue weighted by Gasteiger charge is 2.12. The van der Waals surface area contributed by atoms with Gasteiger partial charge in [-0.2, -0.15) is 0 Å². The van der Waals surface area contributed by atoms with Crippen LogP contribution in [0.2, 0.25) is 0 Å². The van der Waals surface area contributed by atoms with Gasteiger partial charge in [0.15, 0.2) is 0 Å². The molecule has 1 fully saturated rings. The van der Waals surface area contributed by atoms with Crippen LogP contribution in [0.3, 0.4) is 0 Å². The molecule has 1 aromatic rings. The molecular weight excluding hydrogens is 224 g/mol. The quantitative estimate of drug-likeness (QED) is 0.884. The van der Waals surface area contributed by atoms with Gasteiger partial charge in [0, 0.05) is 25.2 Å². The molecule has 0 spiro atoms. The van der Waals surface area contributed by atoms with Crippen LogP contribution in [0.25, 0.3) is 0 Å². The molecule has 1 aliphatic rings. The third-order valence-electron chi connectivity index (χ3n) is 3.16. The Balaban J connectivity index is 2.02. The van der Waals surface area contributed by atoms with E-state index in [9.17, 15) is 0 Å². The van der Waals surface area contributed by atoms with Crippen molar-refractivity contribution < 1.29 is 4.74 Å². The summed E-state index contributed by atoms with van der Waals surface area (Å²) in [4.78, 5) is 2.50. The second kappa shape index (κ2) is 6.76. The van der Waals surface area contributed by atoms with E-state index < -0.39 is 0 Å². The van der Waals surface area contributed by atoms with Crippen molar-refractivity contribution in [2.24, 2.45) is 0 Å². The van der Waals surface area contributed by atoms with E-state index in [2.05, 4.69) is 42.3 Å². The van der Waals surface area contributed by atoms with Crippen molar-refractivity contribution in [3.63, 3.8) is 0 Å². The van der Waals surface area contributed by atoms with Gasteiger partial charge in [-0.05, 0) is 39.4 Å². The fourth-order valence-electron chi connectivity index (χ4n) is 2.30. The number of benzene rings is 1. The predicted octanol–water partition coefficient (Wildman–Crippen LogP) is 2.27. The van der Waals surface area contributed by atoms with Crippen LogP contribution in [0, 0.1) is 0 Å². The summed E-state index contributed by atoms with van der Waals surface area (Å²) in [5.74, 6) is 1.03. The van der Waals surface area contributed by atoms with E-state index >= 15 is 0 Å². The Morgan fingerprint density at radius 2 is 2.06 bits per heavy atom. The summed E-state index contributed by atoms with van der Waals surface area (Å²) in [6, 6.07) is 8.39. The van der Waals surface area contributed by atoms with Crippen molar-refractivity contribution in [1.82, 2.24) is 10.2 Å². The molecule has 18 heavy (non-hydrogen) atoms. The van der Waals surface area contributed by atoms with E-state index in [0.717, 1.165) is 31.9 Å². The molecule has 0 atom stereocenters. The first kappa shape index (κ1) is 13.4. The Labute approximate surface area is 110 Å². The minimum atomic E-state index is 0.233. The van der Waals surface area contributed by atoms with Crippen molar-refractivity contribution in [1.29, 1.82) is 0 Å². The molecule has 0 unspecified atom stereocenters. The fraction of sp³-hybridized carbons (Fsp3) is 0.600. The summed E-state index contributed by atoms with van der Waals surface area (Å²) >= 11 is 0. The molecule has 1 heterocycles. The van der Waals surface area contributed by atoms with Crippen LogP contribution in [0.15, 0.2) is 24.3 Å². The molecule has 1 N–H and O–H groups in total. The summed E-state index contributed by atoms with van der Waals surface area (Å²) in [5, 5.41) is 3.44. The lowest BCUT2D eigenvalue weighted by molar-refractivity contribution is 0.230. The average Bonchev–Trinajstić information content (AvgIpc) is 2.60. The van der Waals surface area contributed by atoms with E-state index in [1.165, 1.54) is 18.5 Å². The molecule has 0 aliphatic carbocycles. The molecule has 1 aromatic carbocycles. The lowest BCUT2D eigenvalue weighted by Crippen LogP contribution is -2.28. The highest BCUT2D eigenvalue weighted by atomic mass is 16.5. The number of para-hydroxylation sites is 1. The SMILES string of the molecule is CC(C)Oc1ccccc1CN1CCCNCC1. The Hall–Kier alpha value is -1.06. The third kappa shape index (κ3) is 4.00. The molecule has 3 heteroatoms. The number of rotatable bonds is 4. The lowest BCUT2D eigenvalue weighted by Gasteiger charge is -2.22. The maximum atomic E-state index is 5.88. The minimum Gasteiger partial charge on any atom is -0.491 e. The third-order valence-corrected chi connectivity index (χ3v) is 3.16. The van der Waals surface area contributed by atoms with Gasteiger partial charge in [-0.25, -0.2) is 0 Å². The van der Waals surface area contributed by atoms with E-state index in [4.69, 9.17) is 4.74 Å². The van der Waals surface area contributed by atoms with Crippen LogP contribution in [0.5, 0.6) is 5.75 Å². The first-order chi connectivity index (χ1) is 8.75. The Bertz CT molecular complexity index is 357. The molecule has 100 valence electrons. The zero-order valence-corrected chi connectivity index (χ0v) is 11.5. The van der Waals surface area contributed by atoms with Crippen molar-refractivity contribution >= 4 is 0 Å². The first-order valence-corrected chi connectivity index (χ1v) is 6.93. The molecule has 0 bridgehead atoms. The van der Waals surface area contributed by atoms with E-state index in [1.54, 1.807) is 0 Å². The molecule has 3 nitrogen and oxygen atoms in total. The number of nitrogens with one attached hydrogen (secondary N) is 1. The molecular formula is C15H24N2O. The molecule has 2 rings (SSSR count). The summed E-state index contributed by atoms with van der Waals surface area (Å²) in [6.07, 6.45) is 1.46.